The second kappa shape index (κ2) is 6.45. The van der Waals surface area contributed by atoms with Crippen LogP contribution in [-0.4, -0.2) is 37.9 Å². The van der Waals surface area contributed by atoms with Gasteiger partial charge in [0.25, 0.3) is 5.91 Å². The Hall–Kier alpha value is -1.98. The van der Waals surface area contributed by atoms with E-state index in [9.17, 15) is 4.79 Å². The third-order valence-corrected chi connectivity index (χ3v) is 3.11. The third kappa shape index (κ3) is 3.12. The van der Waals surface area contributed by atoms with Gasteiger partial charge in [0.2, 0.25) is 0 Å². The monoisotopic (exact) mass is 274 g/mol. The van der Waals surface area contributed by atoms with E-state index in [-0.39, 0.29) is 12.5 Å². The lowest BCUT2D eigenvalue weighted by Gasteiger charge is -2.14. The van der Waals surface area contributed by atoms with Crippen LogP contribution in [0.4, 0.5) is 0 Å². The second-order valence-corrected chi connectivity index (χ2v) is 4.43. The zero-order chi connectivity index (χ0) is 14.5. The summed E-state index contributed by atoms with van der Waals surface area (Å²) >= 11 is 0. The molecular weight excluding hydrogens is 256 g/mol. The highest BCUT2D eigenvalue weighted by atomic mass is 16.7. The predicted molar refractivity (Wildman–Crippen MR) is 76.6 cm³/mol. The van der Waals surface area contributed by atoms with E-state index in [2.05, 4.69) is 10.3 Å². The Morgan fingerprint density at radius 3 is 2.70 bits per heavy atom. The lowest BCUT2D eigenvalue weighted by atomic mass is 10.1. The van der Waals surface area contributed by atoms with E-state index < -0.39 is 6.29 Å². The minimum Gasteiger partial charge on any atom is -0.354 e. The lowest BCUT2D eigenvalue weighted by Crippen LogP contribution is -2.34. The van der Waals surface area contributed by atoms with Crippen molar-refractivity contribution >= 4 is 16.8 Å². The van der Waals surface area contributed by atoms with Gasteiger partial charge in [-0.25, -0.2) is 0 Å². The molecule has 5 heteroatoms. The van der Waals surface area contributed by atoms with Crippen LogP contribution in [0.25, 0.3) is 10.9 Å². The number of nitrogens with one attached hydrogen (secondary N) is 1. The Morgan fingerprint density at radius 1 is 1.30 bits per heavy atom. The van der Waals surface area contributed by atoms with Crippen LogP contribution in [0, 0.1) is 6.92 Å². The number of rotatable bonds is 5. The Balaban J connectivity index is 2.19. The number of fused-ring (bicyclic) bond motifs is 1. The van der Waals surface area contributed by atoms with Gasteiger partial charge in [-0.2, -0.15) is 0 Å². The van der Waals surface area contributed by atoms with Crippen molar-refractivity contribution in [1.82, 2.24) is 10.3 Å². The van der Waals surface area contributed by atoms with Gasteiger partial charge in [-0.1, -0.05) is 18.2 Å². The molecule has 1 aromatic carbocycles. The normalized spacial score (nSPS) is 11.0. The maximum atomic E-state index is 12.2. The van der Waals surface area contributed by atoms with Crippen LogP contribution in [0.3, 0.4) is 0 Å². The van der Waals surface area contributed by atoms with Gasteiger partial charge in [-0.3, -0.25) is 9.78 Å². The lowest BCUT2D eigenvalue weighted by molar-refractivity contribution is -0.0974. The van der Waals surface area contributed by atoms with E-state index in [0.29, 0.717) is 11.3 Å². The fraction of sp³-hybridized carbons (Fsp3) is 0.333. The number of methoxy groups -OCH3 is 2. The summed E-state index contributed by atoms with van der Waals surface area (Å²) in [5.41, 5.74) is 2.15. The first-order valence-electron chi connectivity index (χ1n) is 6.36. The highest BCUT2D eigenvalue weighted by molar-refractivity contribution is 5.98. The maximum Gasteiger partial charge on any atom is 0.253 e. The van der Waals surface area contributed by atoms with Crippen LogP contribution >= 0.6 is 0 Å². The van der Waals surface area contributed by atoms with Crippen molar-refractivity contribution < 1.29 is 14.3 Å². The number of benzene rings is 1. The first kappa shape index (κ1) is 14.4. The van der Waals surface area contributed by atoms with Crippen molar-refractivity contribution in [3.05, 3.63) is 41.6 Å². The molecule has 0 atom stereocenters. The van der Waals surface area contributed by atoms with Gasteiger partial charge in [0.1, 0.15) is 0 Å². The van der Waals surface area contributed by atoms with Crippen LogP contribution in [0.5, 0.6) is 0 Å². The Labute approximate surface area is 117 Å². The van der Waals surface area contributed by atoms with Crippen LogP contribution in [0.2, 0.25) is 0 Å². The Kier molecular flexibility index (Phi) is 4.65. The molecule has 20 heavy (non-hydrogen) atoms. The summed E-state index contributed by atoms with van der Waals surface area (Å²) in [4.78, 5) is 16.6. The largest absolute Gasteiger partial charge is 0.354 e. The van der Waals surface area contributed by atoms with Gasteiger partial charge >= 0.3 is 0 Å². The molecule has 0 fully saturated rings. The minimum atomic E-state index is -0.451. The fourth-order valence-corrected chi connectivity index (χ4v) is 1.98. The summed E-state index contributed by atoms with van der Waals surface area (Å²) in [6.07, 6.45) is -0.451. The standard InChI is InChI=1S/C15H18N2O3/c1-10-12(15(18)16-9-14(19-2)20-3)8-11-6-4-5-7-13(11)17-10/h4-8,14H,9H2,1-3H3,(H,16,18). The molecule has 0 aliphatic rings. The Bertz CT molecular complexity index is 609. The van der Waals surface area contributed by atoms with Crippen LogP contribution in [0.15, 0.2) is 30.3 Å². The number of ether oxygens (including phenoxy) is 2. The maximum absolute atomic E-state index is 12.2. The van der Waals surface area contributed by atoms with E-state index in [1.54, 1.807) is 0 Å². The number of hydrogen-bond donors (Lipinski definition) is 1. The number of aryl methyl sites for hydroxylation is 1. The average molecular weight is 274 g/mol. The molecule has 0 spiro atoms. The number of carbonyl (C=O) groups is 1. The first-order valence-corrected chi connectivity index (χ1v) is 6.36. The SMILES string of the molecule is COC(CNC(=O)c1cc2ccccc2nc1C)OC. The van der Waals surface area contributed by atoms with Gasteiger partial charge in [0.05, 0.1) is 23.3 Å². The fourth-order valence-electron chi connectivity index (χ4n) is 1.98. The molecule has 1 amide bonds. The predicted octanol–water partition coefficient (Wildman–Crippen LogP) is 1.89. The summed E-state index contributed by atoms with van der Waals surface area (Å²) in [6.45, 7) is 2.11. The van der Waals surface area contributed by atoms with E-state index in [4.69, 9.17) is 9.47 Å². The van der Waals surface area contributed by atoms with Crippen molar-refractivity contribution in [2.24, 2.45) is 0 Å². The second-order valence-electron chi connectivity index (χ2n) is 4.43. The van der Waals surface area contributed by atoms with Gasteiger partial charge in [0.15, 0.2) is 6.29 Å². The molecule has 0 bridgehead atoms. The van der Waals surface area contributed by atoms with Gasteiger partial charge < -0.3 is 14.8 Å². The summed E-state index contributed by atoms with van der Waals surface area (Å²) in [6, 6.07) is 9.56. The van der Waals surface area contributed by atoms with Gasteiger partial charge in [0, 0.05) is 19.6 Å². The number of nitrogens with zero attached hydrogens (tertiary/aromatic N) is 1. The molecule has 0 saturated carbocycles. The third-order valence-electron chi connectivity index (χ3n) is 3.11. The van der Waals surface area contributed by atoms with Crippen molar-refractivity contribution in [2.75, 3.05) is 20.8 Å². The molecule has 2 aromatic rings. The molecule has 1 N–H and O–H groups in total. The molecule has 106 valence electrons. The van der Waals surface area contributed by atoms with Crippen LogP contribution < -0.4 is 5.32 Å². The van der Waals surface area contributed by atoms with Gasteiger partial charge in [-0.15, -0.1) is 0 Å². The molecule has 0 radical (unpaired) electrons. The van der Waals surface area contributed by atoms with E-state index in [1.165, 1.54) is 14.2 Å². The molecule has 1 heterocycles. The quantitative estimate of drug-likeness (QED) is 0.846. The smallest absolute Gasteiger partial charge is 0.253 e. The topological polar surface area (TPSA) is 60.5 Å². The van der Waals surface area contributed by atoms with E-state index in [0.717, 1.165) is 10.9 Å². The first-order chi connectivity index (χ1) is 9.65. The number of carbonyl (C=O) groups excluding carboxylic acids is 1. The molecule has 0 aliphatic carbocycles. The van der Waals surface area contributed by atoms with Crippen molar-refractivity contribution in [3.63, 3.8) is 0 Å². The molecule has 5 nitrogen and oxygen atoms in total. The summed E-state index contributed by atoms with van der Waals surface area (Å²) in [5.74, 6) is -0.181. The Morgan fingerprint density at radius 2 is 2.00 bits per heavy atom. The molecule has 2 rings (SSSR count). The number of pyridine rings is 1. The summed E-state index contributed by atoms with van der Waals surface area (Å²) in [5, 5.41) is 3.72. The number of amides is 1. The molecule has 0 aliphatic heterocycles. The van der Waals surface area contributed by atoms with Crippen LogP contribution in [-0.2, 0) is 9.47 Å². The minimum absolute atomic E-state index is 0.181. The highest BCUT2D eigenvalue weighted by Crippen LogP contribution is 2.16. The molecule has 1 aromatic heterocycles. The zero-order valence-electron chi connectivity index (χ0n) is 11.8. The van der Waals surface area contributed by atoms with E-state index in [1.807, 2.05) is 37.3 Å². The summed E-state index contributed by atoms with van der Waals surface area (Å²) in [7, 11) is 3.06. The number of hydrogen-bond acceptors (Lipinski definition) is 4. The molecule has 0 saturated heterocycles. The highest BCUT2D eigenvalue weighted by Gasteiger charge is 2.13. The van der Waals surface area contributed by atoms with E-state index >= 15 is 0 Å². The summed E-state index contributed by atoms with van der Waals surface area (Å²) < 4.78 is 10.1. The molecular formula is C15H18N2O3. The van der Waals surface area contributed by atoms with Crippen molar-refractivity contribution in [2.45, 2.75) is 13.2 Å². The zero-order valence-corrected chi connectivity index (χ0v) is 11.8. The van der Waals surface area contributed by atoms with Crippen LogP contribution in [0.1, 0.15) is 16.1 Å². The van der Waals surface area contributed by atoms with Crippen molar-refractivity contribution in [1.29, 1.82) is 0 Å². The van der Waals surface area contributed by atoms with Crippen molar-refractivity contribution in [3.8, 4) is 0 Å². The number of para-hydroxylation sites is 1. The molecule has 0 unspecified atom stereocenters. The number of aromatic nitrogens is 1. The average Bonchev–Trinajstić information content (AvgIpc) is 2.47. The van der Waals surface area contributed by atoms with Gasteiger partial charge in [-0.05, 0) is 19.1 Å².